The van der Waals surface area contributed by atoms with Gasteiger partial charge < -0.3 is 14.9 Å². The van der Waals surface area contributed by atoms with E-state index in [9.17, 15) is 9.59 Å². The molecule has 1 saturated heterocycles. The summed E-state index contributed by atoms with van der Waals surface area (Å²) in [4.78, 5) is 25.2. The van der Waals surface area contributed by atoms with Crippen LogP contribution < -0.4 is 17.0 Å². The number of hydrogen-bond acceptors (Lipinski definition) is 5. The van der Waals surface area contributed by atoms with Gasteiger partial charge in [0.1, 0.15) is 6.23 Å². The molecule has 0 radical (unpaired) electrons. The minimum Gasteiger partial charge on any atom is -0.414 e. The van der Waals surface area contributed by atoms with E-state index in [1.165, 1.54) is 16.8 Å². The standard InChI is InChI=1S/C15H27N3O4Si/c1-15(2,3)23(4,5)21-9-11-10(16)8-13(22-11)18-7-6-12(19)17-14(18)20/h6-7,10-11,13H,8-9,16H2,1-5H3,(H,17,19,20)/t10?,11-,13-/m0/s1. The van der Waals surface area contributed by atoms with Crippen molar-refractivity contribution < 1.29 is 9.16 Å². The SMILES string of the molecule is CC(C)(C)[Si](C)(C)OC[C@@H]1O[C@H](n2ccc(=O)[nH]c2=O)CC1N. The van der Waals surface area contributed by atoms with Crippen LogP contribution in [0.3, 0.4) is 0 Å². The Hall–Kier alpha value is -1.22. The van der Waals surface area contributed by atoms with Gasteiger partial charge >= 0.3 is 5.69 Å². The Morgan fingerprint density at radius 2 is 2.09 bits per heavy atom. The first-order chi connectivity index (χ1) is 10.5. The van der Waals surface area contributed by atoms with Crippen molar-refractivity contribution in [2.45, 2.75) is 63.7 Å². The molecule has 7 nitrogen and oxygen atoms in total. The van der Waals surface area contributed by atoms with Crippen molar-refractivity contribution in [2.75, 3.05) is 6.61 Å². The zero-order valence-corrected chi connectivity index (χ0v) is 15.5. The van der Waals surface area contributed by atoms with Crippen molar-refractivity contribution in [3.05, 3.63) is 33.1 Å². The molecule has 1 unspecified atom stereocenters. The molecule has 2 rings (SSSR count). The molecule has 2 heterocycles. The number of aromatic amines is 1. The summed E-state index contributed by atoms with van der Waals surface area (Å²) in [6.07, 6.45) is 1.22. The Morgan fingerprint density at radius 1 is 1.43 bits per heavy atom. The number of aromatic nitrogens is 2. The highest BCUT2D eigenvalue weighted by Gasteiger charge is 2.40. The maximum atomic E-state index is 11.9. The second kappa shape index (κ2) is 6.35. The zero-order valence-electron chi connectivity index (χ0n) is 14.5. The molecule has 0 saturated carbocycles. The summed E-state index contributed by atoms with van der Waals surface area (Å²) in [7, 11) is -1.87. The van der Waals surface area contributed by atoms with E-state index in [-0.39, 0.29) is 17.2 Å². The van der Waals surface area contributed by atoms with Crippen LogP contribution >= 0.6 is 0 Å². The maximum Gasteiger partial charge on any atom is 0.330 e. The number of nitrogens with zero attached hydrogens (tertiary/aromatic N) is 1. The Kier molecular flexibility index (Phi) is 5.00. The molecule has 0 amide bonds. The van der Waals surface area contributed by atoms with E-state index >= 15 is 0 Å². The van der Waals surface area contributed by atoms with E-state index in [0.29, 0.717) is 13.0 Å². The van der Waals surface area contributed by atoms with Crippen molar-refractivity contribution in [2.24, 2.45) is 5.73 Å². The van der Waals surface area contributed by atoms with Crippen LogP contribution in [-0.2, 0) is 9.16 Å². The molecule has 3 atom stereocenters. The molecule has 130 valence electrons. The molecule has 0 aromatic carbocycles. The van der Waals surface area contributed by atoms with Gasteiger partial charge in [0.25, 0.3) is 5.56 Å². The van der Waals surface area contributed by atoms with E-state index in [1.54, 1.807) is 0 Å². The van der Waals surface area contributed by atoms with Crippen LogP contribution in [0.4, 0.5) is 0 Å². The van der Waals surface area contributed by atoms with Gasteiger partial charge in [0, 0.05) is 24.7 Å². The van der Waals surface area contributed by atoms with Gasteiger partial charge in [-0.25, -0.2) is 4.79 Å². The third-order valence-electron chi connectivity index (χ3n) is 4.86. The van der Waals surface area contributed by atoms with E-state index < -0.39 is 25.8 Å². The first-order valence-corrected chi connectivity index (χ1v) is 10.8. The van der Waals surface area contributed by atoms with Crippen molar-refractivity contribution >= 4 is 8.32 Å². The van der Waals surface area contributed by atoms with Gasteiger partial charge in [-0.3, -0.25) is 14.3 Å². The van der Waals surface area contributed by atoms with Gasteiger partial charge in [0.2, 0.25) is 0 Å². The average Bonchev–Trinajstić information content (AvgIpc) is 2.76. The van der Waals surface area contributed by atoms with Gasteiger partial charge in [-0.15, -0.1) is 0 Å². The van der Waals surface area contributed by atoms with Crippen molar-refractivity contribution in [1.29, 1.82) is 0 Å². The number of hydrogen-bond donors (Lipinski definition) is 2. The lowest BCUT2D eigenvalue weighted by molar-refractivity contribution is -0.0246. The summed E-state index contributed by atoms with van der Waals surface area (Å²) < 4.78 is 13.4. The number of nitrogens with one attached hydrogen (secondary N) is 1. The molecule has 1 fully saturated rings. The molecule has 1 aromatic rings. The third kappa shape index (κ3) is 4.00. The summed E-state index contributed by atoms with van der Waals surface area (Å²) in [6, 6.07) is 1.10. The summed E-state index contributed by atoms with van der Waals surface area (Å²) in [6.45, 7) is 11.3. The normalized spacial score (nSPS) is 25.7. The lowest BCUT2D eigenvalue weighted by Gasteiger charge is -2.37. The van der Waals surface area contributed by atoms with Crippen LogP contribution in [0.5, 0.6) is 0 Å². The largest absolute Gasteiger partial charge is 0.414 e. The quantitative estimate of drug-likeness (QED) is 0.801. The minimum atomic E-state index is -1.87. The summed E-state index contributed by atoms with van der Waals surface area (Å²) >= 11 is 0. The molecular weight excluding hydrogens is 314 g/mol. The molecule has 3 N–H and O–H groups in total. The molecule has 0 spiro atoms. The molecule has 1 aliphatic rings. The number of ether oxygens (including phenoxy) is 1. The highest BCUT2D eigenvalue weighted by molar-refractivity contribution is 6.74. The number of rotatable bonds is 4. The Balaban J connectivity index is 2.04. The van der Waals surface area contributed by atoms with Gasteiger partial charge in [0.05, 0.1) is 12.7 Å². The number of H-pyrrole nitrogens is 1. The topological polar surface area (TPSA) is 99.3 Å². The highest BCUT2D eigenvalue weighted by atomic mass is 28.4. The monoisotopic (exact) mass is 341 g/mol. The first-order valence-electron chi connectivity index (χ1n) is 7.88. The fourth-order valence-corrected chi connectivity index (χ4v) is 3.26. The predicted molar refractivity (Wildman–Crippen MR) is 91.0 cm³/mol. The zero-order chi connectivity index (χ0) is 17.4. The van der Waals surface area contributed by atoms with Crippen molar-refractivity contribution in [3.63, 3.8) is 0 Å². The molecular formula is C15H27N3O4Si. The van der Waals surface area contributed by atoms with Crippen LogP contribution in [0, 0.1) is 0 Å². The summed E-state index contributed by atoms with van der Waals surface area (Å²) in [5.41, 5.74) is 5.24. The Morgan fingerprint density at radius 3 is 2.65 bits per heavy atom. The molecule has 23 heavy (non-hydrogen) atoms. The van der Waals surface area contributed by atoms with E-state index in [1.807, 2.05) is 0 Å². The second-order valence-electron chi connectivity index (χ2n) is 7.62. The molecule has 1 aliphatic heterocycles. The van der Waals surface area contributed by atoms with Crippen LogP contribution in [-0.4, -0.2) is 36.6 Å². The summed E-state index contributed by atoms with van der Waals surface area (Å²) in [5.74, 6) is 0. The van der Waals surface area contributed by atoms with Crippen molar-refractivity contribution in [1.82, 2.24) is 9.55 Å². The lowest BCUT2D eigenvalue weighted by Crippen LogP contribution is -2.45. The Labute approximate surface area is 136 Å². The van der Waals surface area contributed by atoms with Crippen LogP contribution in [0.2, 0.25) is 18.1 Å². The fourth-order valence-electron chi connectivity index (χ4n) is 2.25. The average molecular weight is 341 g/mol. The smallest absolute Gasteiger partial charge is 0.330 e. The molecule has 1 aromatic heterocycles. The van der Waals surface area contributed by atoms with Gasteiger partial charge in [-0.1, -0.05) is 20.8 Å². The molecule has 0 aliphatic carbocycles. The first kappa shape index (κ1) is 18.1. The summed E-state index contributed by atoms with van der Waals surface area (Å²) in [5, 5.41) is 0.116. The predicted octanol–water partition coefficient (Wildman–Crippen LogP) is 1.17. The van der Waals surface area contributed by atoms with Crippen molar-refractivity contribution in [3.8, 4) is 0 Å². The third-order valence-corrected chi connectivity index (χ3v) is 9.36. The van der Waals surface area contributed by atoms with Crippen LogP contribution in [0.25, 0.3) is 0 Å². The molecule has 8 heteroatoms. The number of nitrogens with two attached hydrogens (primary N) is 1. The molecule has 0 bridgehead atoms. The van der Waals surface area contributed by atoms with Crippen LogP contribution in [0.1, 0.15) is 33.4 Å². The lowest BCUT2D eigenvalue weighted by atomic mass is 10.1. The fraction of sp³-hybridized carbons (Fsp3) is 0.733. The Bertz CT molecular complexity index is 662. The minimum absolute atomic E-state index is 0.116. The highest BCUT2D eigenvalue weighted by Crippen LogP contribution is 2.37. The van der Waals surface area contributed by atoms with Crippen LogP contribution in [0.15, 0.2) is 21.9 Å². The van der Waals surface area contributed by atoms with E-state index in [0.717, 1.165) is 0 Å². The van der Waals surface area contributed by atoms with E-state index in [2.05, 4.69) is 38.8 Å². The maximum absolute atomic E-state index is 11.9. The van der Waals surface area contributed by atoms with Gasteiger partial charge in [-0.2, -0.15) is 0 Å². The van der Waals surface area contributed by atoms with Gasteiger partial charge in [-0.05, 0) is 18.1 Å². The second-order valence-corrected chi connectivity index (χ2v) is 12.4. The van der Waals surface area contributed by atoms with E-state index in [4.69, 9.17) is 14.9 Å². The van der Waals surface area contributed by atoms with Gasteiger partial charge in [0.15, 0.2) is 8.32 Å².